The molecule has 2 heterocycles. The molecule has 4 rings (SSSR count). The topological polar surface area (TPSA) is 119 Å². The first-order chi connectivity index (χ1) is 16.0. The number of rotatable bonds is 3. The molecule has 4 aromatic rings. The summed E-state index contributed by atoms with van der Waals surface area (Å²) < 4.78 is 19.6. The summed E-state index contributed by atoms with van der Waals surface area (Å²) in [5, 5.41) is 15.0. The van der Waals surface area contributed by atoms with Gasteiger partial charge in [-0.05, 0) is 74.4 Å². The van der Waals surface area contributed by atoms with E-state index in [1.807, 2.05) is 6.07 Å². The number of anilines is 2. The van der Waals surface area contributed by atoms with Crippen molar-refractivity contribution in [3.05, 3.63) is 84.4 Å². The number of carbonyl (C=O) groups excluding carboxylic acids is 1. The molecule has 0 saturated carbocycles. The fraction of sp³-hybridized carbons (Fsp3) is 0.160. The Balaban J connectivity index is 0.000000226. The molecule has 176 valence electrons. The zero-order chi connectivity index (χ0) is 24.9. The number of pyridine rings is 1. The average Bonchev–Trinajstić information content (AvgIpc) is 3.20. The summed E-state index contributed by atoms with van der Waals surface area (Å²) >= 11 is 0. The second-order valence-corrected chi connectivity index (χ2v) is 8.34. The predicted molar refractivity (Wildman–Crippen MR) is 128 cm³/mol. The summed E-state index contributed by atoms with van der Waals surface area (Å²) in [6, 6.07) is 18.3. The Hall–Kier alpha value is -4.40. The van der Waals surface area contributed by atoms with Crippen LogP contribution in [0, 0.1) is 5.82 Å². The number of nitrogens with two attached hydrogens (primary N) is 1. The van der Waals surface area contributed by atoms with E-state index in [1.165, 1.54) is 22.7 Å². The van der Waals surface area contributed by atoms with Crippen LogP contribution < -0.4 is 11.1 Å². The average molecular weight is 464 g/mol. The van der Waals surface area contributed by atoms with Crippen LogP contribution in [0.1, 0.15) is 31.3 Å². The third-order valence-electron chi connectivity index (χ3n) is 4.45. The number of nitrogens with one attached hydrogen (secondary N) is 1. The first-order valence-corrected chi connectivity index (χ1v) is 10.3. The van der Waals surface area contributed by atoms with E-state index in [2.05, 4.69) is 10.4 Å². The van der Waals surface area contributed by atoms with Gasteiger partial charge in [0.05, 0.1) is 16.9 Å². The summed E-state index contributed by atoms with van der Waals surface area (Å²) in [4.78, 5) is 22.2. The van der Waals surface area contributed by atoms with Crippen molar-refractivity contribution in [3.8, 4) is 11.1 Å². The van der Waals surface area contributed by atoms with Gasteiger partial charge in [0.15, 0.2) is 5.69 Å². The number of nitrogen functional groups attached to an aromatic ring is 1. The van der Waals surface area contributed by atoms with Crippen LogP contribution >= 0.6 is 0 Å². The molecular formula is C25H25FN4O4. The number of nitrogens with zero attached hydrogens (tertiary/aromatic N) is 2. The fourth-order valence-electron chi connectivity index (χ4n) is 2.95. The van der Waals surface area contributed by atoms with E-state index in [0.717, 1.165) is 16.6 Å². The van der Waals surface area contributed by atoms with E-state index in [4.69, 9.17) is 15.6 Å². The Morgan fingerprint density at radius 2 is 1.71 bits per heavy atom. The Morgan fingerprint density at radius 1 is 1.03 bits per heavy atom. The number of benzene rings is 2. The van der Waals surface area contributed by atoms with E-state index in [1.54, 1.807) is 69.4 Å². The second-order valence-electron chi connectivity index (χ2n) is 8.34. The molecule has 0 aliphatic carbocycles. The van der Waals surface area contributed by atoms with Crippen LogP contribution in [-0.4, -0.2) is 32.4 Å². The normalized spacial score (nSPS) is 10.8. The number of carbonyl (C=O) groups is 2. The highest BCUT2D eigenvalue weighted by molar-refractivity contribution is 5.90. The molecule has 9 heteroatoms. The van der Waals surface area contributed by atoms with Gasteiger partial charge in [0.1, 0.15) is 11.4 Å². The number of aromatic carboxylic acids is 1. The summed E-state index contributed by atoms with van der Waals surface area (Å²) in [7, 11) is 0. The van der Waals surface area contributed by atoms with Crippen LogP contribution in [-0.2, 0) is 4.74 Å². The monoisotopic (exact) mass is 464 g/mol. The molecule has 4 N–H and O–H groups in total. The first kappa shape index (κ1) is 24.2. The number of ether oxygens (including phenoxy) is 1. The van der Waals surface area contributed by atoms with Crippen molar-refractivity contribution >= 4 is 29.0 Å². The minimum Gasteiger partial charge on any atom is -0.476 e. The lowest BCUT2D eigenvalue weighted by Gasteiger charge is -2.20. The van der Waals surface area contributed by atoms with E-state index in [-0.39, 0.29) is 11.5 Å². The smallest absolute Gasteiger partial charge is 0.412 e. The largest absolute Gasteiger partial charge is 0.476 e. The lowest BCUT2D eigenvalue weighted by atomic mass is 10.0. The molecular weight excluding hydrogens is 439 g/mol. The third-order valence-corrected chi connectivity index (χ3v) is 4.45. The zero-order valence-corrected chi connectivity index (χ0v) is 18.9. The SMILES string of the molecule is CC(C)(C)OC(=O)Nc1ccc(-c2ccc(F)cc2)cc1N.O=C(O)c1cc2ccccn2n1. The maximum atomic E-state index is 12.9. The molecule has 0 saturated heterocycles. The van der Waals surface area contributed by atoms with Gasteiger partial charge in [-0.3, -0.25) is 5.32 Å². The maximum Gasteiger partial charge on any atom is 0.412 e. The number of carboxylic acids is 1. The molecule has 0 radical (unpaired) electrons. The number of fused-ring (bicyclic) bond motifs is 1. The highest BCUT2D eigenvalue weighted by Gasteiger charge is 2.17. The molecule has 0 atom stereocenters. The molecule has 2 aromatic carbocycles. The maximum absolute atomic E-state index is 12.9. The minimum absolute atomic E-state index is 0.0706. The van der Waals surface area contributed by atoms with Crippen LogP contribution in [0.15, 0.2) is 72.9 Å². The van der Waals surface area contributed by atoms with Crippen molar-refractivity contribution in [1.29, 1.82) is 0 Å². The highest BCUT2D eigenvalue weighted by atomic mass is 19.1. The number of halogens is 1. The van der Waals surface area contributed by atoms with Crippen molar-refractivity contribution in [2.75, 3.05) is 11.1 Å². The molecule has 0 bridgehead atoms. The molecule has 0 aliphatic heterocycles. The standard InChI is InChI=1S/C17H19FN2O2.C8H6N2O2/c1-17(2,3)22-16(21)20-15-9-6-12(10-14(15)19)11-4-7-13(18)8-5-11;11-8(12)7-5-6-3-1-2-4-10(6)9-7/h4-10H,19H2,1-3H3,(H,20,21);1-5H,(H,11,12). The van der Waals surface area contributed by atoms with Gasteiger partial charge < -0.3 is 15.6 Å². The van der Waals surface area contributed by atoms with Gasteiger partial charge in [-0.2, -0.15) is 5.10 Å². The third kappa shape index (κ3) is 6.55. The summed E-state index contributed by atoms with van der Waals surface area (Å²) in [5.74, 6) is -1.29. The van der Waals surface area contributed by atoms with Crippen LogP contribution in [0.4, 0.5) is 20.6 Å². The highest BCUT2D eigenvalue weighted by Crippen LogP contribution is 2.27. The predicted octanol–water partition coefficient (Wildman–Crippen LogP) is 5.45. The number of aromatic nitrogens is 2. The van der Waals surface area contributed by atoms with Crippen molar-refractivity contribution in [2.24, 2.45) is 0 Å². The van der Waals surface area contributed by atoms with Crippen molar-refractivity contribution < 1.29 is 23.8 Å². The minimum atomic E-state index is -1.00. The molecule has 0 unspecified atom stereocenters. The van der Waals surface area contributed by atoms with Gasteiger partial charge in [-0.25, -0.2) is 18.5 Å². The zero-order valence-electron chi connectivity index (χ0n) is 18.9. The Bertz CT molecular complexity index is 1280. The summed E-state index contributed by atoms with van der Waals surface area (Å²) in [5.41, 5.74) is 8.80. The fourth-order valence-corrected chi connectivity index (χ4v) is 2.95. The van der Waals surface area contributed by atoms with Gasteiger partial charge in [-0.15, -0.1) is 0 Å². The molecule has 1 amide bonds. The van der Waals surface area contributed by atoms with Gasteiger partial charge >= 0.3 is 12.1 Å². The van der Waals surface area contributed by atoms with E-state index in [0.29, 0.717) is 11.4 Å². The Labute approximate surface area is 195 Å². The Kier molecular flexibility index (Phi) is 7.15. The van der Waals surface area contributed by atoms with E-state index in [9.17, 15) is 14.0 Å². The van der Waals surface area contributed by atoms with Crippen LogP contribution in [0.2, 0.25) is 0 Å². The molecule has 0 fully saturated rings. The first-order valence-electron chi connectivity index (χ1n) is 10.3. The van der Waals surface area contributed by atoms with Gasteiger partial charge in [0, 0.05) is 6.20 Å². The van der Waals surface area contributed by atoms with Crippen molar-refractivity contribution in [1.82, 2.24) is 9.61 Å². The molecule has 0 spiro atoms. The molecule has 2 aromatic heterocycles. The van der Waals surface area contributed by atoms with Gasteiger partial charge in [-0.1, -0.05) is 24.3 Å². The molecule has 8 nitrogen and oxygen atoms in total. The number of carboxylic acid groups (broad SMARTS) is 1. The van der Waals surface area contributed by atoms with Crippen LogP contribution in [0.3, 0.4) is 0 Å². The van der Waals surface area contributed by atoms with Gasteiger partial charge in [0.25, 0.3) is 0 Å². The van der Waals surface area contributed by atoms with Crippen LogP contribution in [0.5, 0.6) is 0 Å². The number of amides is 1. The lowest BCUT2D eigenvalue weighted by Crippen LogP contribution is -2.27. The van der Waals surface area contributed by atoms with Crippen molar-refractivity contribution in [3.63, 3.8) is 0 Å². The van der Waals surface area contributed by atoms with E-state index < -0.39 is 17.7 Å². The molecule has 0 aliphatic rings. The second kappa shape index (κ2) is 10.0. The number of hydrogen-bond acceptors (Lipinski definition) is 5. The number of hydrogen-bond donors (Lipinski definition) is 3. The quantitative estimate of drug-likeness (QED) is 0.347. The Morgan fingerprint density at radius 3 is 2.29 bits per heavy atom. The van der Waals surface area contributed by atoms with E-state index >= 15 is 0 Å². The van der Waals surface area contributed by atoms with Gasteiger partial charge in [0.2, 0.25) is 0 Å². The summed E-state index contributed by atoms with van der Waals surface area (Å²) in [6.07, 6.45) is 1.15. The van der Waals surface area contributed by atoms with Crippen LogP contribution in [0.25, 0.3) is 16.6 Å². The van der Waals surface area contributed by atoms with Crippen molar-refractivity contribution in [2.45, 2.75) is 26.4 Å². The summed E-state index contributed by atoms with van der Waals surface area (Å²) in [6.45, 7) is 5.36. The lowest BCUT2D eigenvalue weighted by molar-refractivity contribution is 0.0634. The molecule has 34 heavy (non-hydrogen) atoms.